The largest absolute Gasteiger partial charge is 0.481 e. The van der Waals surface area contributed by atoms with Crippen LogP contribution in [0.1, 0.15) is 83.5 Å². The van der Waals surface area contributed by atoms with Gasteiger partial charge in [0.15, 0.2) is 0 Å². The molecular formula is C23H34O2. The Morgan fingerprint density at radius 2 is 1.72 bits per heavy atom. The topological polar surface area (TPSA) is 37.3 Å². The molecule has 2 heteroatoms. The van der Waals surface area contributed by atoms with Crippen molar-refractivity contribution in [2.45, 2.75) is 83.5 Å². The zero-order valence-electron chi connectivity index (χ0n) is 15.6. The molecule has 2 nitrogen and oxygen atoms in total. The van der Waals surface area contributed by atoms with Crippen molar-refractivity contribution in [2.24, 2.45) is 40.9 Å². The van der Waals surface area contributed by atoms with Gasteiger partial charge in [0.05, 0.1) is 5.41 Å². The molecule has 0 bridgehead atoms. The SMILES string of the molecule is O=C(O)C12CCCCC1C1CC=C3C4CCCCC4CCC3C1CC2. The highest BCUT2D eigenvalue weighted by molar-refractivity contribution is 5.75. The number of hydrogen-bond acceptors (Lipinski definition) is 1. The average molecular weight is 343 g/mol. The molecular weight excluding hydrogens is 308 g/mol. The van der Waals surface area contributed by atoms with Crippen LogP contribution < -0.4 is 0 Å². The fourth-order valence-corrected chi connectivity index (χ4v) is 8.21. The van der Waals surface area contributed by atoms with Gasteiger partial charge in [-0.1, -0.05) is 37.3 Å². The number of carboxylic acids is 1. The van der Waals surface area contributed by atoms with Crippen molar-refractivity contribution >= 4 is 5.97 Å². The summed E-state index contributed by atoms with van der Waals surface area (Å²) in [6.45, 7) is 0. The molecule has 5 rings (SSSR count). The lowest BCUT2D eigenvalue weighted by Crippen LogP contribution is -2.52. The van der Waals surface area contributed by atoms with E-state index in [4.69, 9.17) is 0 Å². The van der Waals surface area contributed by atoms with E-state index in [9.17, 15) is 9.90 Å². The van der Waals surface area contributed by atoms with Crippen molar-refractivity contribution in [3.63, 3.8) is 0 Å². The molecule has 1 N–H and O–H groups in total. The van der Waals surface area contributed by atoms with Gasteiger partial charge in [-0.25, -0.2) is 0 Å². The second-order valence-electron chi connectivity index (χ2n) is 9.95. The molecule has 0 saturated heterocycles. The Labute approximate surface area is 152 Å². The summed E-state index contributed by atoms with van der Waals surface area (Å²) in [5.74, 6) is 4.14. The minimum atomic E-state index is -0.471. The Bertz CT molecular complexity index is 579. The van der Waals surface area contributed by atoms with E-state index in [1.165, 1.54) is 64.2 Å². The van der Waals surface area contributed by atoms with Crippen LogP contribution in [-0.4, -0.2) is 11.1 Å². The number of rotatable bonds is 1. The normalized spacial score (nSPS) is 49.0. The smallest absolute Gasteiger partial charge is 0.309 e. The molecule has 7 unspecified atom stereocenters. The minimum absolute atomic E-state index is 0.368. The highest BCUT2D eigenvalue weighted by Crippen LogP contribution is 2.62. The van der Waals surface area contributed by atoms with Gasteiger partial charge in [0.2, 0.25) is 0 Å². The summed E-state index contributed by atoms with van der Waals surface area (Å²) in [5, 5.41) is 10.1. The van der Waals surface area contributed by atoms with E-state index in [-0.39, 0.29) is 5.41 Å². The van der Waals surface area contributed by atoms with Gasteiger partial charge in [-0.15, -0.1) is 0 Å². The molecule has 7 atom stereocenters. The number of fused-ring (bicyclic) bond motifs is 7. The van der Waals surface area contributed by atoms with Crippen LogP contribution in [0.15, 0.2) is 11.6 Å². The maximum atomic E-state index is 12.2. The average Bonchev–Trinajstić information content (AvgIpc) is 2.66. The maximum absolute atomic E-state index is 12.2. The fraction of sp³-hybridized carbons (Fsp3) is 0.870. The van der Waals surface area contributed by atoms with Gasteiger partial charge >= 0.3 is 5.97 Å². The first-order valence-corrected chi connectivity index (χ1v) is 11.1. The summed E-state index contributed by atoms with van der Waals surface area (Å²) in [5.41, 5.74) is 1.48. The molecule has 0 aromatic rings. The van der Waals surface area contributed by atoms with Gasteiger partial charge < -0.3 is 5.11 Å². The first-order valence-electron chi connectivity index (χ1n) is 11.1. The van der Waals surface area contributed by atoms with E-state index in [1.807, 2.05) is 5.57 Å². The van der Waals surface area contributed by atoms with Crippen molar-refractivity contribution < 1.29 is 9.90 Å². The Hall–Kier alpha value is -0.790. The Balaban J connectivity index is 1.45. The van der Waals surface area contributed by atoms with Gasteiger partial charge in [0.25, 0.3) is 0 Å². The van der Waals surface area contributed by atoms with Crippen molar-refractivity contribution in [1.82, 2.24) is 0 Å². The first kappa shape index (κ1) is 16.4. The summed E-state index contributed by atoms with van der Waals surface area (Å²) < 4.78 is 0. The van der Waals surface area contributed by atoms with Gasteiger partial charge in [0.1, 0.15) is 0 Å². The van der Waals surface area contributed by atoms with Crippen molar-refractivity contribution in [1.29, 1.82) is 0 Å². The van der Waals surface area contributed by atoms with Crippen LogP contribution in [0.2, 0.25) is 0 Å². The zero-order chi connectivity index (χ0) is 17.0. The third kappa shape index (κ3) is 2.38. The molecule has 4 fully saturated rings. The summed E-state index contributed by atoms with van der Waals surface area (Å²) >= 11 is 0. The summed E-state index contributed by atoms with van der Waals surface area (Å²) in [6, 6.07) is 0. The van der Waals surface area contributed by atoms with Gasteiger partial charge in [-0.2, -0.15) is 0 Å². The Morgan fingerprint density at radius 1 is 0.880 bits per heavy atom. The van der Waals surface area contributed by atoms with Gasteiger partial charge in [-0.3, -0.25) is 4.79 Å². The van der Waals surface area contributed by atoms with Crippen LogP contribution in [0.5, 0.6) is 0 Å². The second kappa shape index (κ2) is 6.13. The quantitative estimate of drug-likeness (QED) is 0.610. The number of hydrogen-bond donors (Lipinski definition) is 1. The van der Waals surface area contributed by atoms with Crippen LogP contribution >= 0.6 is 0 Å². The molecule has 0 spiro atoms. The Kier molecular flexibility index (Phi) is 4.02. The monoisotopic (exact) mass is 342 g/mol. The lowest BCUT2D eigenvalue weighted by atomic mass is 9.47. The summed E-state index contributed by atoms with van der Waals surface area (Å²) in [6.07, 6.45) is 19.1. The second-order valence-corrected chi connectivity index (χ2v) is 9.95. The van der Waals surface area contributed by atoms with Crippen LogP contribution in [0.4, 0.5) is 0 Å². The van der Waals surface area contributed by atoms with E-state index in [0.29, 0.717) is 11.8 Å². The van der Waals surface area contributed by atoms with Gasteiger partial charge in [0, 0.05) is 0 Å². The van der Waals surface area contributed by atoms with Crippen LogP contribution in [0, 0.1) is 40.9 Å². The molecule has 25 heavy (non-hydrogen) atoms. The molecule has 0 radical (unpaired) electrons. The fourth-order valence-electron chi connectivity index (χ4n) is 8.21. The van der Waals surface area contributed by atoms with Gasteiger partial charge in [-0.05, 0) is 93.3 Å². The standard InChI is InChI=1S/C23H34O2/c24-22(25)23-13-4-3-7-21(23)20-11-10-17-16-6-2-1-5-15(16)8-9-18(17)19(20)12-14-23/h10,15-16,18-21H,1-9,11-14H2,(H,24,25). The molecule has 5 aliphatic rings. The predicted molar refractivity (Wildman–Crippen MR) is 99.1 cm³/mol. The molecule has 0 aromatic heterocycles. The van der Waals surface area contributed by atoms with E-state index in [1.54, 1.807) is 0 Å². The Morgan fingerprint density at radius 3 is 2.60 bits per heavy atom. The van der Waals surface area contributed by atoms with E-state index in [0.717, 1.165) is 42.9 Å². The van der Waals surface area contributed by atoms with Crippen molar-refractivity contribution in [3.8, 4) is 0 Å². The number of aliphatic carboxylic acids is 1. The number of carboxylic acid groups (broad SMARTS) is 1. The number of allylic oxidation sites excluding steroid dienone is 2. The van der Waals surface area contributed by atoms with E-state index < -0.39 is 5.97 Å². The maximum Gasteiger partial charge on any atom is 0.309 e. The van der Waals surface area contributed by atoms with Crippen LogP contribution in [0.25, 0.3) is 0 Å². The molecule has 0 aliphatic heterocycles. The predicted octanol–water partition coefficient (Wildman–Crippen LogP) is 5.82. The van der Waals surface area contributed by atoms with E-state index >= 15 is 0 Å². The lowest BCUT2D eigenvalue weighted by molar-refractivity contribution is -0.165. The van der Waals surface area contributed by atoms with Crippen molar-refractivity contribution in [2.75, 3.05) is 0 Å². The van der Waals surface area contributed by atoms with E-state index in [2.05, 4.69) is 6.08 Å². The lowest BCUT2D eigenvalue weighted by Gasteiger charge is -2.57. The highest BCUT2D eigenvalue weighted by atomic mass is 16.4. The zero-order valence-corrected chi connectivity index (χ0v) is 15.6. The summed E-state index contributed by atoms with van der Waals surface area (Å²) in [7, 11) is 0. The molecule has 5 aliphatic carbocycles. The number of carbonyl (C=O) groups is 1. The molecule has 4 saturated carbocycles. The van der Waals surface area contributed by atoms with Crippen molar-refractivity contribution in [3.05, 3.63) is 11.6 Å². The first-order chi connectivity index (χ1) is 12.2. The third-order valence-corrected chi connectivity index (χ3v) is 9.27. The van der Waals surface area contributed by atoms with Crippen LogP contribution in [-0.2, 0) is 4.79 Å². The molecule has 138 valence electrons. The molecule has 0 amide bonds. The highest BCUT2D eigenvalue weighted by Gasteiger charge is 2.57. The third-order valence-electron chi connectivity index (χ3n) is 9.27. The molecule has 0 heterocycles. The minimum Gasteiger partial charge on any atom is -0.481 e. The summed E-state index contributed by atoms with van der Waals surface area (Å²) in [4.78, 5) is 12.2. The van der Waals surface area contributed by atoms with Crippen LogP contribution in [0.3, 0.4) is 0 Å². The molecule has 0 aromatic carbocycles.